The minimum absolute atomic E-state index is 0.0606. The van der Waals surface area contributed by atoms with Crippen LogP contribution in [0, 0.1) is 11.3 Å². The molecule has 1 aromatic heterocycles. The Hall–Kier alpha value is -2.40. The quantitative estimate of drug-likeness (QED) is 0.442. The maximum Gasteiger partial charge on any atom is 0.236 e. The molecule has 1 heterocycles. The van der Waals surface area contributed by atoms with E-state index >= 15 is 0 Å². The van der Waals surface area contributed by atoms with E-state index in [0.717, 1.165) is 34.1 Å². The molecule has 0 spiro atoms. The predicted octanol–water partition coefficient (Wildman–Crippen LogP) is 5.03. The minimum Gasteiger partial charge on any atom is -0.300 e. The molecule has 0 bridgehead atoms. The predicted molar refractivity (Wildman–Crippen MR) is 112 cm³/mol. The average Bonchev–Trinajstić information content (AvgIpc) is 3.42. The summed E-state index contributed by atoms with van der Waals surface area (Å²) in [4.78, 5) is 12.8. The van der Waals surface area contributed by atoms with Crippen molar-refractivity contribution < 1.29 is 4.79 Å². The lowest BCUT2D eigenvalue weighted by Crippen LogP contribution is -2.27. The van der Waals surface area contributed by atoms with Crippen LogP contribution in [0.15, 0.2) is 52.9 Å². The Morgan fingerprint density at radius 1 is 1.25 bits per heavy atom. The molecule has 0 atom stereocenters. The minimum atomic E-state index is -0.508. The Labute approximate surface area is 175 Å². The van der Waals surface area contributed by atoms with Crippen molar-refractivity contribution in [2.24, 2.45) is 0 Å². The monoisotopic (exact) mass is 426 g/mol. The molecule has 0 aliphatic heterocycles. The molecule has 1 amide bonds. The van der Waals surface area contributed by atoms with Gasteiger partial charge in [0.25, 0.3) is 0 Å². The van der Waals surface area contributed by atoms with Crippen LogP contribution >= 0.6 is 34.7 Å². The van der Waals surface area contributed by atoms with Gasteiger partial charge in [-0.25, -0.2) is 0 Å². The number of halogens is 1. The third-order valence-corrected chi connectivity index (χ3v) is 6.91. The summed E-state index contributed by atoms with van der Waals surface area (Å²) >= 11 is 8.99. The van der Waals surface area contributed by atoms with Crippen LogP contribution in [0.2, 0.25) is 5.02 Å². The first-order valence-electron chi connectivity index (χ1n) is 8.62. The van der Waals surface area contributed by atoms with Crippen LogP contribution in [0.25, 0.3) is 0 Å². The number of rotatable bonds is 6. The first kappa shape index (κ1) is 18.9. The fourth-order valence-electron chi connectivity index (χ4n) is 2.91. The molecule has 1 aliphatic rings. The Morgan fingerprint density at radius 2 is 2.04 bits per heavy atom. The molecule has 140 valence electrons. The molecule has 1 N–H and O–H groups in total. The first-order valence-corrected chi connectivity index (χ1v) is 10.8. The van der Waals surface area contributed by atoms with Crippen molar-refractivity contribution in [3.8, 4) is 6.07 Å². The van der Waals surface area contributed by atoms with Crippen LogP contribution in [-0.4, -0.2) is 16.1 Å². The smallest absolute Gasteiger partial charge is 0.236 e. The maximum absolute atomic E-state index is 12.8. The number of benzene rings is 2. The van der Waals surface area contributed by atoms with Crippen molar-refractivity contribution in [2.75, 3.05) is 5.32 Å². The molecule has 3 aromatic rings. The molecule has 4 rings (SSSR count). The number of thioether (sulfide) groups is 1. The van der Waals surface area contributed by atoms with Gasteiger partial charge in [-0.3, -0.25) is 10.1 Å². The van der Waals surface area contributed by atoms with E-state index < -0.39 is 5.41 Å². The second-order valence-corrected chi connectivity index (χ2v) is 9.15. The van der Waals surface area contributed by atoms with Gasteiger partial charge in [-0.2, -0.15) is 5.26 Å². The Balaban J connectivity index is 1.38. The zero-order chi connectivity index (χ0) is 19.6. The molecule has 1 fully saturated rings. The number of nitrogens with one attached hydrogen (secondary N) is 1. The van der Waals surface area contributed by atoms with Crippen molar-refractivity contribution in [3.63, 3.8) is 0 Å². The van der Waals surface area contributed by atoms with E-state index in [1.54, 1.807) is 30.0 Å². The van der Waals surface area contributed by atoms with Crippen molar-refractivity contribution in [3.05, 3.63) is 70.2 Å². The number of nitriles is 1. The Morgan fingerprint density at radius 3 is 2.71 bits per heavy atom. The Bertz CT molecular complexity index is 1050. The SMILES string of the molecule is N#Cc1ccc(CSc2nnc(NC(=O)C3(c4cccc(Cl)c4)CC3)s2)cc1. The van der Waals surface area contributed by atoms with E-state index in [1.165, 1.54) is 11.3 Å². The highest BCUT2D eigenvalue weighted by molar-refractivity contribution is 8.00. The van der Waals surface area contributed by atoms with Crippen LogP contribution in [0.4, 0.5) is 5.13 Å². The molecule has 0 radical (unpaired) electrons. The van der Waals surface area contributed by atoms with Gasteiger partial charge in [-0.15, -0.1) is 10.2 Å². The van der Waals surface area contributed by atoms with Crippen molar-refractivity contribution >= 4 is 45.7 Å². The van der Waals surface area contributed by atoms with E-state index in [2.05, 4.69) is 21.6 Å². The summed E-state index contributed by atoms with van der Waals surface area (Å²) in [5, 5.41) is 21.1. The lowest BCUT2D eigenvalue weighted by atomic mass is 9.95. The number of nitrogens with zero attached hydrogens (tertiary/aromatic N) is 3. The average molecular weight is 427 g/mol. The first-order chi connectivity index (χ1) is 13.6. The highest BCUT2D eigenvalue weighted by Crippen LogP contribution is 2.49. The highest BCUT2D eigenvalue weighted by atomic mass is 35.5. The molecular formula is C20H15ClN4OS2. The number of carbonyl (C=O) groups is 1. The zero-order valence-corrected chi connectivity index (χ0v) is 17.1. The third kappa shape index (κ3) is 4.04. The van der Waals surface area contributed by atoms with Crippen molar-refractivity contribution in [1.82, 2.24) is 10.2 Å². The summed E-state index contributed by atoms with van der Waals surface area (Å²) in [6.45, 7) is 0. The molecule has 1 aliphatic carbocycles. The number of hydrogen-bond donors (Lipinski definition) is 1. The molecule has 2 aromatic carbocycles. The van der Waals surface area contributed by atoms with E-state index in [0.29, 0.717) is 15.7 Å². The van der Waals surface area contributed by atoms with Crippen LogP contribution in [0.3, 0.4) is 0 Å². The van der Waals surface area contributed by atoms with Crippen LogP contribution in [0.5, 0.6) is 0 Å². The second-order valence-electron chi connectivity index (χ2n) is 6.52. The van der Waals surface area contributed by atoms with Gasteiger partial charge in [0.15, 0.2) is 4.34 Å². The lowest BCUT2D eigenvalue weighted by molar-refractivity contribution is -0.118. The topological polar surface area (TPSA) is 78.7 Å². The number of hydrogen-bond acceptors (Lipinski definition) is 6. The fourth-order valence-corrected chi connectivity index (χ4v) is 4.81. The van der Waals surface area contributed by atoms with Gasteiger partial charge in [0, 0.05) is 10.8 Å². The normalized spacial score (nSPS) is 14.3. The van der Waals surface area contributed by atoms with E-state index in [-0.39, 0.29) is 5.91 Å². The van der Waals surface area contributed by atoms with Gasteiger partial charge >= 0.3 is 0 Å². The largest absolute Gasteiger partial charge is 0.300 e. The van der Waals surface area contributed by atoms with Gasteiger partial charge in [0.1, 0.15) is 0 Å². The van der Waals surface area contributed by atoms with E-state index in [1.807, 2.05) is 30.3 Å². The van der Waals surface area contributed by atoms with E-state index in [4.69, 9.17) is 16.9 Å². The molecule has 28 heavy (non-hydrogen) atoms. The van der Waals surface area contributed by atoms with Gasteiger partial charge < -0.3 is 0 Å². The third-order valence-electron chi connectivity index (χ3n) is 4.63. The summed E-state index contributed by atoms with van der Waals surface area (Å²) in [5.41, 5.74) is 2.18. The summed E-state index contributed by atoms with van der Waals surface area (Å²) < 4.78 is 0.785. The van der Waals surface area contributed by atoms with Crippen LogP contribution < -0.4 is 5.32 Å². The van der Waals surface area contributed by atoms with Gasteiger partial charge in [-0.05, 0) is 48.2 Å². The van der Waals surface area contributed by atoms with Gasteiger partial charge in [0.05, 0.1) is 17.0 Å². The molecule has 1 saturated carbocycles. The number of carbonyl (C=O) groups excluding carboxylic acids is 1. The summed E-state index contributed by atoms with van der Waals surface area (Å²) in [6, 6.07) is 17.0. The number of aromatic nitrogens is 2. The second kappa shape index (κ2) is 7.92. The Kier molecular flexibility index (Phi) is 5.36. The standard InChI is InChI=1S/C20H15ClN4OS2/c21-16-3-1-2-15(10-16)20(8-9-20)17(26)23-18-24-25-19(28-18)27-12-14-6-4-13(11-22)5-7-14/h1-7,10H,8-9,12H2,(H,23,24,26). The zero-order valence-electron chi connectivity index (χ0n) is 14.7. The molecule has 0 unspecified atom stereocenters. The molecule has 5 nitrogen and oxygen atoms in total. The van der Waals surface area contributed by atoms with Gasteiger partial charge in [-0.1, -0.05) is 59.0 Å². The molecular weight excluding hydrogens is 412 g/mol. The van der Waals surface area contributed by atoms with E-state index in [9.17, 15) is 4.79 Å². The fraction of sp³-hybridized carbons (Fsp3) is 0.200. The summed E-state index contributed by atoms with van der Waals surface area (Å²) in [7, 11) is 0. The summed E-state index contributed by atoms with van der Waals surface area (Å²) in [5.74, 6) is 0.662. The molecule has 8 heteroatoms. The molecule has 0 saturated heterocycles. The van der Waals surface area contributed by atoms with Crippen molar-refractivity contribution in [1.29, 1.82) is 5.26 Å². The number of anilines is 1. The highest BCUT2D eigenvalue weighted by Gasteiger charge is 2.51. The maximum atomic E-state index is 12.8. The van der Waals surface area contributed by atoms with Crippen LogP contribution in [0.1, 0.15) is 29.5 Å². The van der Waals surface area contributed by atoms with Crippen molar-refractivity contribution in [2.45, 2.75) is 28.3 Å². The van der Waals surface area contributed by atoms with Gasteiger partial charge in [0.2, 0.25) is 11.0 Å². The summed E-state index contributed by atoms with van der Waals surface area (Å²) in [6.07, 6.45) is 1.61. The number of amides is 1. The lowest BCUT2D eigenvalue weighted by Gasteiger charge is -2.14. The van der Waals surface area contributed by atoms with Crippen LogP contribution in [-0.2, 0) is 16.0 Å².